The summed E-state index contributed by atoms with van der Waals surface area (Å²) in [5.41, 5.74) is 3.03. The molecule has 0 N–H and O–H groups in total. The van der Waals surface area contributed by atoms with E-state index in [1.165, 1.54) is 10.8 Å². The molecule has 3 aromatic rings. The number of nitrogens with zero attached hydrogens (tertiary/aromatic N) is 2. The van der Waals surface area contributed by atoms with Crippen LogP contribution in [0.3, 0.4) is 0 Å². The molecule has 0 fully saturated rings. The minimum Gasteiger partial charge on any atom is -0.273 e. The Morgan fingerprint density at radius 2 is 1.76 bits per heavy atom. The highest BCUT2D eigenvalue weighted by Crippen LogP contribution is 2.33. The van der Waals surface area contributed by atoms with E-state index in [1.54, 1.807) is 11.9 Å². The van der Waals surface area contributed by atoms with Crippen molar-refractivity contribution in [3.05, 3.63) is 82.9 Å². The molecule has 3 nitrogen and oxygen atoms in total. The summed E-state index contributed by atoms with van der Waals surface area (Å²) < 4.78 is 0. The van der Waals surface area contributed by atoms with E-state index >= 15 is 0 Å². The molecule has 1 amide bonds. The zero-order valence-electron chi connectivity index (χ0n) is 13.8. The van der Waals surface area contributed by atoms with Gasteiger partial charge in [-0.25, -0.2) is 5.01 Å². The minimum atomic E-state index is -0.0868. The van der Waals surface area contributed by atoms with Crippen LogP contribution in [0, 0.1) is 0 Å². The maximum Gasteiger partial charge on any atom is 0.240 e. The molecule has 124 valence electrons. The van der Waals surface area contributed by atoms with Crippen molar-refractivity contribution in [3.63, 3.8) is 0 Å². The molecule has 1 unspecified atom stereocenters. The van der Waals surface area contributed by atoms with Crippen LogP contribution < -0.4 is 0 Å². The maximum absolute atomic E-state index is 12.1. The van der Waals surface area contributed by atoms with Crippen molar-refractivity contribution in [2.24, 2.45) is 5.10 Å². The SMILES string of the molecule is CC(=O)N1N=C(c2ccc3ccccc3c2)CC1c1ccc(Cl)cc1. The molecular formula is C21H17ClN2O. The standard InChI is InChI=1S/C21H17ClN2O/c1-14(25)24-21(16-8-10-19(22)11-9-16)13-20(23-24)18-7-6-15-4-2-3-5-17(15)12-18/h2-12,21H,13H2,1H3. The second-order valence-electron chi connectivity index (χ2n) is 6.24. The maximum atomic E-state index is 12.1. The summed E-state index contributed by atoms with van der Waals surface area (Å²) in [4.78, 5) is 12.1. The Labute approximate surface area is 151 Å². The van der Waals surface area contributed by atoms with Gasteiger partial charge in [0.2, 0.25) is 5.91 Å². The Balaban J connectivity index is 1.71. The lowest BCUT2D eigenvalue weighted by Gasteiger charge is -2.20. The topological polar surface area (TPSA) is 32.7 Å². The van der Waals surface area contributed by atoms with Crippen LogP contribution in [0.4, 0.5) is 0 Å². The smallest absolute Gasteiger partial charge is 0.240 e. The molecule has 0 bridgehead atoms. The fourth-order valence-electron chi connectivity index (χ4n) is 3.29. The molecule has 0 aliphatic carbocycles. The van der Waals surface area contributed by atoms with Gasteiger partial charge in [0, 0.05) is 18.4 Å². The molecule has 0 saturated carbocycles. The summed E-state index contributed by atoms with van der Waals surface area (Å²) in [6.07, 6.45) is 0.694. The first-order valence-electron chi connectivity index (χ1n) is 8.24. The summed E-state index contributed by atoms with van der Waals surface area (Å²) >= 11 is 5.99. The Hall–Kier alpha value is -2.65. The molecule has 0 radical (unpaired) electrons. The molecule has 25 heavy (non-hydrogen) atoms. The second kappa shape index (κ2) is 6.34. The fraction of sp³-hybridized carbons (Fsp3) is 0.143. The molecule has 0 spiro atoms. The summed E-state index contributed by atoms with van der Waals surface area (Å²) in [7, 11) is 0. The average Bonchev–Trinajstić information content (AvgIpc) is 3.07. The normalized spacial score (nSPS) is 17.0. The molecule has 1 aliphatic rings. The zero-order chi connectivity index (χ0) is 17.4. The Bertz CT molecular complexity index is 979. The average molecular weight is 349 g/mol. The van der Waals surface area contributed by atoms with Crippen molar-refractivity contribution in [1.29, 1.82) is 0 Å². The summed E-state index contributed by atoms with van der Waals surface area (Å²) in [6, 6.07) is 22.1. The Morgan fingerprint density at radius 1 is 1.04 bits per heavy atom. The highest BCUT2D eigenvalue weighted by Gasteiger charge is 2.31. The number of rotatable bonds is 2. The predicted octanol–water partition coefficient (Wildman–Crippen LogP) is 5.19. The third-order valence-corrected chi connectivity index (χ3v) is 4.82. The number of benzene rings is 3. The molecule has 4 heteroatoms. The summed E-state index contributed by atoms with van der Waals surface area (Å²) in [5.74, 6) is -0.0595. The van der Waals surface area contributed by atoms with E-state index in [-0.39, 0.29) is 11.9 Å². The lowest BCUT2D eigenvalue weighted by Crippen LogP contribution is -2.24. The first-order valence-corrected chi connectivity index (χ1v) is 8.61. The van der Waals surface area contributed by atoms with Crippen molar-refractivity contribution < 1.29 is 4.79 Å². The lowest BCUT2D eigenvalue weighted by molar-refractivity contribution is -0.130. The van der Waals surface area contributed by atoms with Gasteiger partial charge in [-0.05, 0) is 40.1 Å². The third kappa shape index (κ3) is 3.03. The van der Waals surface area contributed by atoms with Crippen molar-refractivity contribution in [2.75, 3.05) is 0 Å². The lowest BCUT2D eigenvalue weighted by atomic mass is 9.97. The van der Waals surface area contributed by atoms with Gasteiger partial charge >= 0.3 is 0 Å². The molecule has 0 aromatic heterocycles. The van der Waals surface area contributed by atoms with Crippen LogP contribution >= 0.6 is 11.6 Å². The molecule has 3 aromatic carbocycles. The van der Waals surface area contributed by atoms with E-state index in [9.17, 15) is 4.79 Å². The van der Waals surface area contributed by atoms with Crippen LogP contribution in [-0.2, 0) is 4.79 Å². The highest BCUT2D eigenvalue weighted by molar-refractivity contribution is 6.30. The van der Waals surface area contributed by atoms with Crippen molar-refractivity contribution in [1.82, 2.24) is 5.01 Å². The fourth-order valence-corrected chi connectivity index (χ4v) is 3.41. The third-order valence-electron chi connectivity index (χ3n) is 4.57. The van der Waals surface area contributed by atoms with E-state index in [2.05, 4.69) is 35.4 Å². The van der Waals surface area contributed by atoms with Crippen LogP contribution in [-0.4, -0.2) is 16.6 Å². The van der Waals surface area contributed by atoms with Crippen molar-refractivity contribution in [2.45, 2.75) is 19.4 Å². The number of hydrogen-bond acceptors (Lipinski definition) is 2. The number of carbonyl (C=O) groups is 1. The largest absolute Gasteiger partial charge is 0.273 e. The van der Waals surface area contributed by atoms with E-state index in [0.29, 0.717) is 11.4 Å². The summed E-state index contributed by atoms with van der Waals surface area (Å²) in [5, 5.41) is 9.25. The van der Waals surface area contributed by atoms with Crippen LogP contribution in [0.15, 0.2) is 71.8 Å². The second-order valence-corrected chi connectivity index (χ2v) is 6.68. The number of carbonyl (C=O) groups excluding carboxylic acids is 1. The first-order chi connectivity index (χ1) is 12.1. The van der Waals surface area contributed by atoms with Crippen LogP contribution in [0.25, 0.3) is 10.8 Å². The van der Waals surface area contributed by atoms with Gasteiger partial charge in [0.1, 0.15) is 0 Å². The molecular weight excluding hydrogens is 332 g/mol. The van der Waals surface area contributed by atoms with E-state index in [1.807, 2.05) is 36.4 Å². The van der Waals surface area contributed by atoms with Gasteiger partial charge < -0.3 is 0 Å². The number of fused-ring (bicyclic) bond motifs is 1. The quantitative estimate of drug-likeness (QED) is 0.627. The molecule has 4 rings (SSSR count). The first kappa shape index (κ1) is 15.9. The van der Waals surface area contributed by atoms with Gasteiger partial charge in [0.15, 0.2) is 0 Å². The molecule has 0 saturated heterocycles. The Kier molecular flexibility index (Phi) is 4.02. The van der Waals surface area contributed by atoms with Gasteiger partial charge in [-0.15, -0.1) is 0 Å². The van der Waals surface area contributed by atoms with E-state index < -0.39 is 0 Å². The molecule has 1 aliphatic heterocycles. The minimum absolute atomic E-state index is 0.0595. The number of hydrogen-bond donors (Lipinski definition) is 0. The van der Waals surface area contributed by atoms with Gasteiger partial charge in [0.05, 0.1) is 11.8 Å². The van der Waals surface area contributed by atoms with Gasteiger partial charge in [-0.2, -0.15) is 5.10 Å². The van der Waals surface area contributed by atoms with E-state index in [4.69, 9.17) is 11.6 Å². The monoisotopic (exact) mass is 348 g/mol. The van der Waals surface area contributed by atoms with Gasteiger partial charge in [0.25, 0.3) is 0 Å². The van der Waals surface area contributed by atoms with Crippen LogP contribution in [0.5, 0.6) is 0 Å². The van der Waals surface area contributed by atoms with Crippen LogP contribution in [0.2, 0.25) is 5.02 Å². The predicted molar refractivity (Wildman–Crippen MR) is 102 cm³/mol. The van der Waals surface area contributed by atoms with Crippen molar-refractivity contribution >= 4 is 34.0 Å². The molecule has 1 atom stereocenters. The summed E-state index contributed by atoms with van der Waals surface area (Å²) in [6.45, 7) is 1.55. The van der Waals surface area contributed by atoms with Crippen molar-refractivity contribution in [3.8, 4) is 0 Å². The van der Waals surface area contributed by atoms with E-state index in [0.717, 1.165) is 16.8 Å². The number of hydrazone groups is 1. The number of amides is 1. The highest BCUT2D eigenvalue weighted by atomic mass is 35.5. The van der Waals surface area contributed by atoms with Crippen LogP contribution in [0.1, 0.15) is 30.5 Å². The molecule has 1 heterocycles. The van der Waals surface area contributed by atoms with Gasteiger partial charge in [-0.1, -0.05) is 60.1 Å². The zero-order valence-corrected chi connectivity index (χ0v) is 14.6. The Morgan fingerprint density at radius 3 is 2.48 bits per heavy atom. The number of halogens is 1. The van der Waals surface area contributed by atoms with Gasteiger partial charge in [-0.3, -0.25) is 4.79 Å².